The van der Waals surface area contributed by atoms with Crippen molar-refractivity contribution in [3.8, 4) is 11.5 Å². The molecule has 2 aromatic rings. The third-order valence-corrected chi connectivity index (χ3v) is 5.10. The molecule has 0 radical (unpaired) electrons. The number of carbonyl (C=O) groups is 1. The first-order valence-electron chi connectivity index (χ1n) is 9.81. The number of rotatable bonds is 7. The molecule has 1 atom stereocenters. The molecule has 28 heavy (non-hydrogen) atoms. The Kier molecular flexibility index (Phi) is 6.74. The molecule has 150 valence electrons. The van der Waals surface area contributed by atoms with Crippen LogP contribution in [-0.2, 0) is 11.2 Å². The molecule has 1 aliphatic rings. The minimum absolute atomic E-state index is 0.0315. The molecule has 1 aromatic heterocycles. The molecular weight excluding hydrogens is 354 g/mol. The standard InChI is InChI=1S/C22H29N3O3/c1-16-5-4-12-25(15-16)21-10-8-18(14-23-21)24-22(26)11-7-17-6-9-19(27-2)20(13-17)28-3/h6,8-10,13-14,16H,4-5,7,11-12,15H2,1-3H3,(H,24,26). The molecule has 1 amide bonds. The highest BCUT2D eigenvalue weighted by Crippen LogP contribution is 2.28. The van der Waals surface area contributed by atoms with Crippen molar-refractivity contribution in [2.75, 3.05) is 37.5 Å². The Morgan fingerprint density at radius 3 is 2.71 bits per heavy atom. The zero-order chi connectivity index (χ0) is 19.9. The second kappa shape index (κ2) is 9.44. The van der Waals surface area contributed by atoms with Gasteiger partial charge in [-0.05, 0) is 55.0 Å². The van der Waals surface area contributed by atoms with Gasteiger partial charge >= 0.3 is 0 Å². The van der Waals surface area contributed by atoms with Crippen LogP contribution >= 0.6 is 0 Å². The molecule has 0 aliphatic carbocycles. The van der Waals surface area contributed by atoms with Crippen LogP contribution in [0.15, 0.2) is 36.5 Å². The summed E-state index contributed by atoms with van der Waals surface area (Å²) in [5.41, 5.74) is 1.76. The van der Waals surface area contributed by atoms with Gasteiger partial charge in [-0.15, -0.1) is 0 Å². The summed E-state index contributed by atoms with van der Waals surface area (Å²) in [6, 6.07) is 9.63. The first kappa shape index (κ1) is 20.0. The van der Waals surface area contributed by atoms with Crippen molar-refractivity contribution in [2.45, 2.75) is 32.6 Å². The third kappa shape index (κ3) is 5.15. The monoisotopic (exact) mass is 383 g/mol. The quantitative estimate of drug-likeness (QED) is 0.785. The number of amides is 1. The normalized spacial score (nSPS) is 16.5. The molecule has 1 aliphatic heterocycles. The Balaban J connectivity index is 1.52. The van der Waals surface area contributed by atoms with Crippen LogP contribution in [0.25, 0.3) is 0 Å². The van der Waals surface area contributed by atoms with Crippen molar-refractivity contribution in [3.63, 3.8) is 0 Å². The number of ether oxygens (including phenoxy) is 2. The van der Waals surface area contributed by atoms with Crippen molar-refractivity contribution < 1.29 is 14.3 Å². The lowest BCUT2D eigenvalue weighted by Crippen LogP contribution is -2.34. The van der Waals surface area contributed by atoms with Crippen molar-refractivity contribution >= 4 is 17.4 Å². The summed E-state index contributed by atoms with van der Waals surface area (Å²) in [7, 11) is 3.21. The number of hydrogen-bond acceptors (Lipinski definition) is 5. The maximum Gasteiger partial charge on any atom is 0.224 e. The van der Waals surface area contributed by atoms with Crippen LogP contribution in [0, 0.1) is 5.92 Å². The number of anilines is 2. The number of aromatic nitrogens is 1. The number of methoxy groups -OCH3 is 2. The number of nitrogens with zero attached hydrogens (tertiary/aromatic N) is 2. The minimum Gasteiger partial charge on any atom is -0.493 e. The van der Waals surface area contributed by atoms with E-state index in [2.05, 4.69) is 22.1 Å². The smallest absolute Gasteiger partial charge is 0.224 e. The highest BCUT2D eigenvalue weighted by Gasteiger charge is 2.17. The Hall–Kier alpha value is -2.76. The van der Waals surface area contributed by atoms with E-state index in [4.69, 9.17) is 9.47 Å². The third-order valence-electron chi connectivity index (χ3n) is 5.10. The van der Waals surface area contributed by atoms with Gasteiger partial charge in [0.15, 0.2) is 11.5 Å². The van der Waals surface area contributed by atoms with Gasteiger partial charge in [-0.25, -0.2) is 4.98 Å². The lowest BCUT2D eigenvalue weighted by Gasteiger charge is -2.31. The van der Waals surface area contributed by atoms with E-state index in [1.165, 1.54) is 12.8 Å². The number of piperidine rings is 1. The van der Waals surface area contributed by atoms with E-state index in [1.54, 1.807) is 20.4 Å². The second-order valence-electron chi connectivity index (χ2n) is 7.34. The van der Waals surface area contributed by atoms with Gasteiger partial charge in [0, 0.05) is 19.5 Å². The molecule has 3 rings (SSSR count). The highest BCUT2D eigenvalue weighted by molar-refractivity contribution is 5.90. The van der Waals surface area contributed by atoms with E-state index in [0.717, 1.165) is 30.2 Å². The predicted octanol–water partition coefficient (Wildman–Crippen LogP) is 3.91. The Morgan fingerprint density at radius 1 is 1.21 bits per heavy atom. The largest absolute Gasteiger partial charge is 0.493 e. The first-order valence-corrected chi connectivity index (χ1v) is 9.81. The topological polar surface area (TPSA) is 63.7 Å². The summed E-state index contributed by atoms with van der Waals surface area (Å²) in [6.45, 7) is 4.37. The molecule has 6 nitrogen and oxygen atoms in total. The van der Waals surface area contributed by atoms with Gasteiger partial charge in [-0.3, -0.25) is 4.79 Å². The molecule has 1 N–H and O–H groups in total. The van der Waals surface area contributed by atoms with Crippen LogP contribution in [0.1, 0.15) is 31.7 Å². The average molecular weight is 383 g/mol. The Bertz CT molecular complexity index is 792. The fourth-order valence-electron chi connectivity index (χ4n) is 3.56. The molecule has 2 heterocycles. The average Bonchev–Trinajstić information content (AvgIpc) is 2.72. The number of benzene rings is 1. The van der Waals surface area contributed by atoms with Gasteiger partial charge in [-0.2, -0.15) is 0 Å². The number of hydrogen-bond donors (Lipinski definition) is 1. The van der Waals surface area contributed by atoms with Crippen LogP contribution in [-0.4, -0.2) is 38.2 Å². The summed E-state index contributed by atoms with van der Waals surface area (Å²) in [5.74, 6) is 3.01. The number of carbonyl (C=O) groups excluding carboxylic acids is 1. The van der Waals surface area contributed by atoms with Gasteiger partial charge in [0.25, 0.3) is 0 Å². The van der Waals surface area contributed by atoms with Crippen LogP contribution in [0.4, 0.5) is 11.5 Å². The molecule has 1 saturated heterocycles. The van der Waals surface area contributed by atoms with Crippen LogP contribution in [0.5, 0.6) is 11.5 Å². The molecule has 0 spiro atoms. The van der Waals surface area contributed by atoms with Crippen LogP contribution < -0.4 is 19.7 Å². The van der Waals surface area contributed by atoms with Crippen molar-refractivity contribution in [2.24, 2.45) is 5.92 Å². The molecule has 6 heteroatoms. The van der Waals surface area contributed by atoms with Crippen molar-refractivity contribution in [3.05, 3.63) is 42.1 Å². The molecule has 0 saturated carbocycles. The van der Waals surface area contributed by atoms with Crippen molar-refractivity contribution in [1.82, 2.24) is 4.98 Å². The maximum atomic E-state index is 12.3. The fourth-order valence-corrected chi connectivity index (χ4v) is 3.56. The Labute approximate surface area is 166 Å². The van der Waals surface area contributed by atoms with E-state index in [9.17, 15) is 4.79 Å². The first-order chi connectivity index (χ1) is 13.6. The second-order valence-corrected chi connectivity index (χ2v) is 7.34. The lowest BCUT2D eigenvalue weighted by molar-refractivity contribution is -0.116. The lowest BCUT2D eigenvalue weighted by atomic mass is 10.0. The Morgan fingerprint density at radius 2 is 2.04 bits per heavy atom. The van der Waals surface area contributed by atoms with Gasteiger partial charge in [-0.1, -0.05) is 13.0 Å². The maximum absolute atomic E-state index is 12.3. The molecule has 1 aromatic carbocycles. The summed E-state index contributed by atoms with van der Waals surface area (Å²) < 4.78 is 10.5. The molecule has 0 bridgehead atoms. The van der Waals surface area contributed by atoms with Crippen molar-refractivity contribution in [1.29, 1.82) is 0 Å². The number of aryl methyl sites for hydroxylation is 1. The van der Waals surface area contributed by atoms with Crippen LogP contribution in [0.3, 0.4) is 0 Å². The van der Waals surface area contributed by atoms with Crippen LogP contribution in [0.2, 0.25) is 0 Å². The van der Waals surface area contributed by atoms with Gasteiger partial charge in [0.2, 0.25) is 5.91 Å². The van der Waals surface area contributed by atoms with Gasteiger partial charge in [0.1, 0.15) is 5.82 Å². The zero-order valence-corrected chi connectivity index (χ0v) is 16.9. The van der Waals surface area contributed by atoms with E-state index in [-0.39, 0.29) is 5.91 Å². The number of pyridine rings is 1. The molecule has 1 fully saturated rings. The molecular formula is C22H29N3O3. The molecule has 1 unspecified atom stereocenters. The van der Waals surface area contributed by atoms with E-state index < -0.39 is 0 Å². The van der Waals surface area contributed by atoms with Gasteiger partial charge < -0.3 is 19.7 Å². The van der Waals surface area contributed by atoms with Gasteiger partial charge in [0.05, 0.1) is 26.1 Å². The minimum atomic E-state index is -0.0315. The van der Waals surface area contributed by atoms with E-state index >= 15 is 0 Å². The fraction of sp³-hybridized carbons (Fsp3) is 0.455. The summed E-state index contributed by atoms with van der Waals surface area (Å²) in [4.78, 5) is 19.1. The summed E-state index contributed by atoms with van der Waals surface area (Å²) in [6.07, 6.45) is 5.25. The summed E-state index contributed by atoms with van der Waals surface area (Å²) in [5, 5.41) is 2.93. The highest BCUT2D eigenvalue weighted by atomic mass is 16.5. The summed E-state index contributed by atoms with van der Waals surface area (Å²) >= 11 is 0. The number of nitrogens with one attached hydrogen (secondary N) is 1. The predicted molar refractivity (Wildman–Crippen MR) is 111 cm³/mol. The van der Waals surface area contributed by atoms with E-state index in [1.807, 2.05) is 30.3 Å². The zero-order valence-electron chi connectivity index (χ0n) is 16.9. The SMILES string of the molecule is COc1ccc(CCC(=O)Nc2ccc(N3CCCC(C)C3)nc2)cc1OC. The van der Waals surface area contributed by atoms with E-state index in [0.29, 0.717) is 30.3 Å².